The van der Waals surface area contributed by atoms with Crippen LogP contribution in [0.15, 0.2) is 48.5 Å². The molecule has 0 amide bonds. The Labute approximate surface area is 135 Å². The number of esters is 1. The highest BCUT2D eigenvalue weighted by Crippen LogP contribution is 2.17. The van der Waals surface area contributed by atoms with Gasteiger partial charge in [0.15, 0.2) is 0 Å². The maximum atomic E-state index is 11.9. The minimum absolute atomic E-state index is 0.0775. The highest BCUT2D eigenvalue weighted by atomic mass is 35.5. The van der Waals surface area contributed by atoms with Crippen molar-refractivity contribution in [2.45, 2.75) is 33.0 Å². The Morgan fingerprint density at radius 1 is 1.18 bits per heavy atom. The first-order valence-electron chi connectivity index (χ1n) is 7.26. The molecular formula is C18H19ClO3. The van der Waals surface area contributed by atoms with E-state index in [-0.39, 0.29) is 12.1 Å². The molecule has 0 heterocycles. The van der Waals surface area contributed by atoms with E-state index in [1.165, 1.54) is 0 Å². The number of benzene rings is 2. The van der Waals surface area contributed by atoms with Crippen LogP contribution in [0.1, 0.15) is 36.2 Å². The number of hydrogen-bond donors (Lipinski definition) is 0. The fourth-order valence-electron chi connectivity index (χ4n) is 1.81. The molecule has 0 aliphatic heterocycles. The van der Waals surface area contributed by atoms with Crippen LogP contribution in [-0.2, 0) is 11.3 Å². The highest BCUT2D eigenvalue weighted by Gasteiger charge is 2.10. The molecule has 0 radical (unpaired) electrons. The average molecular weight is 319 g/mol. The molecule has 2 aromatic rings. The summed E-state index contributed by atoms with van der Waals surface area (Å²) in [7, 11) is 0. The maximum Gasteiger partial charge on any atom is 0.338 e. The van der Waals surface area contributed by atoms with Crippen molar-refractivity contribution >= 4 is 17.6 Å². The fourth-order valence-corrected chi connectivity index (χ4v) is 2.03. The topological polar surface area (TPSA) is 35.5 Å². The summed E-state index contributed by atoms with van der Waals surface area (Å²) in [6, 6.07) is 14.5. The van der Waals surface area contributed by atoms with Crippen LogP contribution in [0, 0.1) is 0 Å². The van der Waals surface area contributed by atoms with Crippen molar-refractivity contribution < 1.29 is 14.3 Å². The van der Waals surface area contributed by atoms with E-state index in [9.17, 15) is 4.79 Å². The molecule has 0 fully saturated rings. The Morgan fingerprint density at radius 2 is 1.91 bits per heavy atom. The molecule has 0 aliphatic carbocycles. The summed E-state index contributed by atoms with van der Waals surface area (Å²) in [4.78, 5) is 11.9. The van der Waals surface area contributed by atoms with Gasteiger partial charge in [-0.1, -0.05) is 30.7 Å². The molecule has 1 atom stereocenters. The van der Waals surface area contributed by atoms with Crippen LogP contribution in [0.3, 0.4) is 0 Å². The average Bonchev–Trinajstić information content (AvgIpc) is 2.53. The maximum absolute atomic E-state index is 11.9. The van der Waals surface area contributed by atoms with Crippen LogP contribution >= 0.6 is 11.6 Å². The minimum Gasteiger partial charge on any atom is -0.489 e. The van der Waals surface area contributed by atoms with Gasteiger partial charge in [0.2, 0.25) is 0 Å². The van der Waals surface area contributed by atoms with Crippen molar-refractivity contribution in [2.24, 2.45) is 0 Å². The fraction of sp³-hybridized carbons (Fsp3) is 0.278. The molecule has 0 N–H and O–H groups in total. The van der Waals surface area contributed by atoms with Crippen molar-refractivity contribution in [2.75, 3.05) is 0 Å². The second-order valence-corrected chi connectivity index (χ2v) is 5.50. The number of ether oxygens (including phenoxy) is 2. The summed E-state index contributed by atoms with van der Waals surface area (Å²) in [5, 5.41) is 0.684. The van der Waals surface area contributed by atoms with E-state index >= 15 is 0 Å². The summed E-state index contributed by atoms with van der Waals surface area (Å²) < 4.78 is 10.9. The number of halogens is 1. The van der Waals surface area contributed by atoms with Crippen molar-refractivity contribution in [3.8, 4) is 5.75 Å². The van der Waals surface area contributed by atoms with E-state index in [1.54, 1.807) is 24.3 Å². The lowest BCUT2D eigenvalue weighted by Crippen LogP contribution is -2.13. The summed E-state index contributed by atoms with van der Waals surface area (Å²) in [5.74, 6) is 0.385. The van der Waals surface area contributed by atoms with E-state index in [2.05, 4.69) is 0 Å². The Kier molecular flexibility index (Phi) is 5.84. The molecule has 0 saturated carbocycles. The molecule has 4 heteroatoms. The molecule has 1 unspecified atom stereocenters. The van der Waals surface area contributed by atoms with Crippen LogP contribution in [0.2, 0.25) is 5.02 Å². The van der Waals surface area contributed by atoms with Crippen LogP contribution in [0.25, 0.3) is 0 Å². The first-order valence-corrected chi connectivity index (χ1v) is 7.64. The quantitative estimate of drug-likeness (QED) is 0.712. The van der Waals surface area contributed by atoms with E-state index in [0.717, 1.165) is 12.0 Å². The molecule has 0 bridgehead atoms. The molecule has 3 nitrogen and oxygen atoms in total. The standard InChI is InChI=1S/C18H19ClO3/c1-3-13(2)22-18(20)15-7-9-17(10-8-15)21-12-14-5-4-6-16(19)11-14/h4-11,13H,3,12H2,1-2H3. The van der Waals surface area contributed by atoms with Crippen molar-refractivity contribution in [3.63, 3.8) is 0 Å². The van der Waals surface area contributed by atoms with E-state index in [1.807, 2.05) is 38.1 Å². The predicted molar refractivity (Wildman–Crippen MR) is 87.4 cm³/mol. The zero-order chi connectivity index (χ0) is 15.9. The van der Waals surface area contributed by atoms with Gasteiger partial charge in [-0.2, -0.15) is 0 Å². The molecule has 22 heavy (non-hydrogen) atoms. The van der Waals surface area contributed by atoms with Crippen molar-refractivity contribution in [1.82, 2.24) is 0 Å². The van der Waals surface area contributed by atoms with Crippen LogP contribution in [0.5, 0.6) is 5.75 Å². The highest BCUT2D eigenvalue weighted by molar-refractivity contribution is 6.30. The summed E-state index contributed by atoms with van der Waals surface area (Å²) >= 11 is 5.93. The van der Waals surface area contributed by atoms with Gasteiger partial charge in [-0.25, -0.2) is 4.79 Å². The zero-order valence-corrected chi connectivity index (χ0v) is 13.5. The Morgan fingerprint density at radius 3 is 2.55 bits per heavy atom. The molecule has 2 aromatic carbocycles. The van der Waals surface area contributed by atoms with Gasteiger partial charge < -0.3 is 9.47 Å². The van der Waals surface area contributed by atoms with Gasteiger partial charge in [-0.3, -0.25) is 0 Å². The number of carbonyl (C=O) groups is 1. The normalized spacial score (nSPS) is 11.8. The molecular weight excluding hydrogens is 300 g/mol. The lowest BCUT2D eigenvalue weighted by Gasteiger charge is -2.11. The smallest absolute Gasteiger partial charge is 0.338 e. The van der Waals surface area contributed by atoms with Gasteiger partial charge in [0, 0.05) is 5.02 Å². The minimum atomic E-state index is -0.309. The third kappa shape index (κ3) is 4.78. The van der Waals surface area contributed by atoms with Crippen LogP contribution in [-0.4, -0.2) is 12.1 Å². The lowest BCUT2D eigenvalue weighted by molar-refractivity contribution is 0.0334. The first kappa shape index (κ1) is 16.4. The largest absolute Gasteiger partial charge is 0.489 e. The summed E-state index contributed by atoms with van der Waals surface area (Å²) in [6.07, 6.45) is 0.721. The first-order chi connectivity index (χ1) is 10.6. The summed E-state index contributed by atoms with van der Waals surface area (Å²) in [6.45, 7) is 4.28. The van der Waals surface area contributed by atoms with Gasteiger partial charge >= 0.3 is 5.97 Å². The lowest BCUT2D eigenvalue weighted by atomic mass is 10.2. The van der Waals surface area contributed by atoms with Crippen molar-refractivity contribution in [1.29, 1.82) is 0 Å². The van der Waals surface area contributed by atoms with Crippen molar-refractivity contribution in [3.05, 3.63) is 64.7 Å². The SMILES string of the molecule is CCC(C)OC(=O)c1ccc(OCc2cccc(Cl)c2)cc1. The Bertz CT molecular complexity index is 622. The van der Waals surface area contributed by atoms with Gasteiger partial charge in [-0.15, -0.1) is 0 Å². The predicted octanol–water partition coefficient (Wildman–Crippen LogP) is 4.87. The van der Waals surface area contributed by atoms with Crippen LogP contribution < -0.4 is 4.74 Å². The Hall–Kier alpha value is -2.00. The molecule has 0 aromatic heterocycles. The summed E-state index contributed by atoms with van der Waals surface area (Å²) in [5.41, 5.74) is 1.52. The third-order valence-corrected chi connectivity index (χ3v) is 3.50. The van der Waals surface area contributed by atoms with E-state index in [4.69, 9.17) is 21.1 Å². The molecule has 2 rings (SSSR count). The van der Waals surface area contributed by atoms with Crippen LogP contribution in [0.4, 0.5) is 0 Å². The second kappa shape index (κ2) is 7.85. The van der Waals surface area contributed by atoms with E-state index < -0.39 is 0 Å². The third-order valence-electron chi connectivity index (χ3n) is 3.27. The van der Waals surface area contributed by atoms with Gasteiger partial charge in [0.25, 0.3) is 0 Å². The molecule has 0 saturated heterocycles. The zero-order valence-electron chi connectivity index (χ0n) is 12.7. The molecule has 0 spiro atoms. The van der Waals surface area contributed by atoms with E-state index in [0.29, 0.717) is 22.9 Å². The second-order valence-electron chi connectivity index (χ2n) is 5.07. The Balaban J connectivity index is 1.93. The van der Waals surface area contributed by atoms with Gasteiger partial charge in [-0.05, 0) is 55.3 Å². The number of rotatable bonds is 6. The molecule has 116 valence electrons. The number of hydrogen-bond acceptors (Lipinski definition) is 3. The number of carbonyl (C=O) groups excluding carboxylic acids is 1. The van der Waals surface area contributed by atoms with Gasteiger partial charge in [0.05, 0.1) is 11.7 Å². The van der Waals surface area contributed by atoms with Gasteiger partial charge in [0.1, 0.15) is 12.4 Å². The monoisotopic (exact) mass is 318 g/mol. The molecule has 0 aliphatic rings.